The molecule has 0 aromatic heterocycles. The van der Waals surface area contributed by atoms with Gasteiger partial charge in [-0.05, 0) is 20.8 Å². The Labute approximate surface area is 94.3 Å². The van der Waals surface area contributed by atoms with Gasteiger partial charge in [0.25, 0.3) is 0 Å². The van der Waals surface area contributed by atoms with Gasteiger partial charge in [-0.15, -0.1) is 0 Å². The molecule has 0 radical (unpaired) electrons. The molecule has 2 fully saturated rings. The van der Waals surface area contributed by atoms with Crippen molar-refractivity contribution in [3.05, 3.63) is 0 Å². The second-order valence-corrected chi connectivity index (χ2v) is 5.08. The molecular formula is C10H19NO5. The van der Waals surface area contributed by atoms with Crippen LogP contribution in [0.25, 0.3) is 0 Å². The maximum Gasteiger partial charge on any atom is 0.173 e. The summed E-state index contributed by atoms with van der Waals surface area (Å²) >= 11 is 0. The third-order valence-corrected chi connectivity index (χ3v) is 3.14. The van der Waals surface area contributed by atoms with E-state index in [0.717, 1.165) is 0 Å². The van der Waals surface area contributed by atoms with E-state index in [1.165, 1.54) is 0 Å². The van der Waals surface area contributed by atoms with Gasteiger partial charge in [0.05, 0.1) is 12.6 Å². The lowest BCUT2D eigenvalue weighted by molar-refractivity contribution is -0.271. The van der Waals surface area contributed by atoms with Crippen molar-refractivity contribution in [3.63, 3.8) is 0 Å². The third kappa shape index (κ3) is 1.75. The number of rotatable bonds is 1. The largest absolute Gasteiger partial charge is 0.393 e. The van der Waals surface area contributed by atoms with Crippen LogP contribution in [-0.4, -0.2) is 52.7 Å². The molecule has 0 saturated carbocycles. The van der Waals surface area contributed by atoms with E-state index in [4.69, 9.17) is 19.9 Å². The minimum absolute atomic E-state index is 0.266. The lowest BCUT2D eigenvalue weighted by Crippen LogP contribution is -2.65. The molecule has 6 heteroatoms. The molecule has 2 aliphatic rings. The van der Waals surface area contributed by atoms with Crippen LogP contribution < -0.4 is 5.73 Å². The molecule has 0 unspecified atom stereocenters. The summed E-state index contributed by atoms with van der Waals surface area (Å²) < 4.78 is 16.6. The summed E-state index contributed by atoms with van der Waals surface area (Å²) in [6, 6.07) is -0.675. The fourth-order valence-corrected chi connectivity index (χ4v) is 2.25. The maximum absolute atomic E-state index is 9.67. The topological polar surface area (TPSA) is 94.2 Å². The van der Waals surface area contributed by atoms with E-state index in [2.05, 4.69) is 0 Å². The van der Waals surface area contributed by atoms with Crippen LogP contribution in [0.4, 0.5) is 0 Å². The number of fused-ring (bicyclic) bond motifs is 1. The molecule has 6 nitrogen and oxygen atoms in total. The zero-order chi connectivity index (χ0) is 12.1. The first-order valence-electron chi connectivity index (χ1n) is 5.37. The van der Waals surface area contributed by atoms with Gasteiger partial charge in [0.1, 0.15) is 17.8 Å². The van der Waals surface area contributed by atoms with Crippen LogP contribution in [0.15, 0.2) is 0 Å². The highest BCUT2D eigenvalue weighted by Crippen LogP contribution is 2.40. The van der Waals surface area contributed by atoms with E-state index < -0.39 is 35.9 Å². The molecule has 0 aliphatic carbocycles. The van der Waals surface area contributed by atoms with Crippen LogP contribution in [0.1, 0.15) is 20.8 Å². The number of aliphatic hydroxyl groups excluding tert-OH is 2. The van der Waals surface area contributed by atoms with Gasteiger partial charge < -0.3 is 30.2 Å². The van der Waals surface area contributed by atoms with E-state index in [-0.39, 0.29) is 6.61 Å². The normalized spacial score (nSPS) is 51.4. The van der Waals surface area contributed by atoms with E-state index in [1.807, 2.05) is 0 Å². The zero-order valence-electron chi connectivity index (χ0n) is 9.71. The Bertz CT molecular complexity index is 284. The molecule has 2 aliphatic heterocycles. The smallest absolute Gasteiger partial charge is 0.173 e. The Morgan fingerprint density at radius 1 is 1.19 bits per heavy atom. The fourth-order valence-electron chi connectivity index (χ4n) is 2.25. The van der Waals surface area contributed by atoms with Crippen LogP contribution >= 0.6 is 0 Å². The van der Waals surface area contributed by atoms with Gasteiger partial charge in [0.2, 0.25) is 0 Å². The minimum Gasteiger partial charge on any atom is -0.393 e. The number of nitrogens with two attached hydrogens (primary N) is 1. The number of hydrogen-bond donors (Lipinski definition) is 3. The van der Waals surface area contributed by atoms with Gasteiger partial charge in [-0.2, -0.15) is 0 Å². The van der Waals surface area contributed by atoms with Crippen molar-refractivity contribution in [2.45, 2.75) is 56.7 Å². The van der Waals surface area contributed by atoms with Crippen LogP contribution in [0.5, 0.6) is 0 Å². The SMILES string of the molecule is CC1(C)O[C@@H]2[C@H](N)[C@@H](O)O[C@](C)(CO)[C@@H]2O1. The van der Waals surface area contributed by atoms with Crippen LogP contribution in [-0.2, 0) is 14.2 Å². The predicted octanol–water partition coefficient (Wildman–Crippen LogP) is -1.07. The molecular weight excluding hydrogens is 214 g/mol. The van der Waals surface area contributed by atoms with Crippen molar-refractivity contribution < 1.29 is 24.4 Å². The van der Waals surface area contributed by atoms with Crippen molar-refractivity contribution in [3.8, 4) is 0 Å². The summed E-state index contributed by atoms with van der Waals surface area (Å²) in [6.45, 7) is 4.94. The summed E-state index contributed by atoms with van der Waals surface area (Å²) in [6.07, 6.45) is -2.11. The quantitative estimate of drug-likeness (QED) is 0.534. The van der Waals surface area contributed by atoms with E-state index in [9.17, 15) is 10.2 Å². The van der Waals surface area contributed by atoms with E-state index in [1.54, 1.807) is 20.8 Å². The second kappa shape index (κ2) is 3.63. The molecule has 0 amide bonds. The van der Waals surface area contributed by atoms with Crippen molar-refractivity contribution in [1.82, 2.24) is 0 Å². The Morgan fingerprint density at radius 2 is 1.81 bits per heavy atom. The first-order chi connectivity index (χ1) is 7.29. The molecule has 4 N–H and O–H groups in total. The molecule has 16 heavy (non-hydrogen) atoms. The lowest BCUT2D eigenvalue weighted by Gasteiger charge is -2.44. The highest BCUT2D eigenvalue weighted by molar-refractivity contribution is 5.04. The molecule has 0 aromatic rings. The summed E-state index contributed by atoms with van der Waals surface area (Å²) in [4.78, 5) is 0. The zero-order valence-corrected chi connectivity index (χ0v) is 9.71. The summed E-state index contributed by atoms with van der Waals surface area (Å²) in [5, 5.41) is 19.0. The van der Waals surface area contributed by atoms with Crippen LogP contribution in [0.2, 0.25) is 0 Å². The van der Waals surface area contributed by atoms with Crippen LogP contribution in [0.3, 0.4) is 0 Å². The Balaban J connectivity index is 2.29. The Kier molecular flexibility index (Phi) is 2.77. The van der Waals surface area contributed by atoms with Gasteiger partial charge >= 0.3 is 0 Å². The fraction of sp³-hybridized carbons (Fsp3) is 1.00. The third-order valence-electron chi connectivity index (χ3n) is 3.14. The summed E-state index contributed by atoms with van der Waals surface area (Å²) in [7, 11) is 0. The molecule has 2 heterocycles. The molecule has 94 valence electrons. The average Bonchev–Trinajstić information content (AvgIpc) is 2.52. The monoisotopic (exact) mass is 233 g/mol. The molecule has 5 atom stereocenters. The average molecular weight is 233 g/mol. The predicted molar refractivity (Wildman–Crippen MR) is 54.4 cm³/mol. The summed E-state index contributed by atoms with van der Waals surface area (Å²) in [5.41, 5.74) is 4.81. The van der Waals surface area contributed by atoms with Gasteiger partial charge in [-0.3, -0.25) is 0 Å². The number of aliphatic hydroxyl groups is 2. The molecule has 2 rings (SSSR count). The first-order valence-corrected chi connectivity index (χ1v) is 5.37. The van der Waals surface area contributed by atoms with Gasteiger partial charge in [0, 0.05) is 0 Å². The van der Waals surface area contributed by atoms with E-state index >= 15 is 0 Å². The first kappa shape index (κ1) is 12.2. The summed E-state index contributed by atoms with van der Waals surface area (Å²) in [5.74, 6) is -0.781. The highest BCUT2D eigenvalue weighted by Gasteiger charge is 2.58. The molecule has 2 saturated heterocycles. The maximum atomic E-state index is 9.67. The van der Waals surface area contributed by atoms with Gasteiger partial charge in [0.15, 0.2) is 12.1 Å². The van der Waals surface area contributed by atoms with E-state index in [0.29, 0.717) is 0 Å². The Hall–Kier alpha value is -0.240. The van der Waals surface area contributed by atoms with Crippen molar-refractivity contribution in [1.29, 1.82) is 0 Å². The van der Waals surface area contributed by atoms with Crippen molar-refractivity contribution >= 4 is 0 Å². The standard InChI is InChI=1S/C10H19NO5/c1-9(2)14-6-5(11)8(13)16-10(3,4-12)7(6)15-9/h5-8,12-13H,4,11H2,1-3H3/t5-,6+,7+,8-,10+/m0/s1. The molecule has 0 bridgehead atoms. The minimum atomic E-state index is -1.16. The van der Waals surface area contributed by atoms with Gasteiger partial charge in [-0.25, -0.2) is 0 Å². The van der Waals surface area contributed by atoms with Crippen molar-refractivity contribution in [2.75, 3.05) is 6.61 Å². The second-order valence-electron chi connectivity index (χ2n) is 5.08. The number of hydrogen-bond acceptors (Lipinski definition) is 6. The van der Waals surface area contributed by atoms with Crippen molar-refractivity contribution in [2.24, 2.45) is 5.73 Å². The van der Waals surface area contributed by atoms with Crippen LogP contribution in [0, 0.1) is 0 Å². The van der Waals surface area contributed by atoms with Gasteiger partial charge in [-0.1, -0.05) is 0 Å². The Morgan fingerprint density at radius 3 is 2.38 bits per heavy atom. The lowest BCUT2D eigenvalue weighted by atomic mass is 9.88. The number of ether oxygens (including phenoxy) is 3. The highest BCUT2D eigenvalue weighted by atomic mass is 16.8. The molecule has 0 spiro atoms. The molecule has 0 aromatic carbocycles.